The lowest BCUT2D eigenvalue weighted by atomic mass is 9.88. The Labute approximate surface area is 100 Å². The maximum Gasteiger partial charge on any atom is 0.258 e. The van der Waals surface area contributed by atoms with Gasteiger partial charge in [-0.3, -0.25) is 0 Å². The molecule has 0 saturated carbocycles. The lowest BCUT2D eigenvalue weighted by Crippen LogP contribution is -2.26. The van der Waals surface area contributed by atoms with Crippen molar-refractivity contribution in [1.82, 2.24) is 0 Å². The Bertz CT molecular complexity index is 371. The summed E-state index contributed by atoms with van der Waals surface area (Å²) in [5, 5.41) is 0. The van der Waals surface area contributed by atoms with E-state index >= 15 is 0 Å². The maximum atomic E-state index is 13.9. The van der Waals surface area contributed by atoms with Crippen molar-refractivity contribution in [2.45, 2.75) is 31.6 Å². The van der Waals surface area contributed by atoms with Crippen LogP contribution in [0.25, 0.3) is 0 Å². The summed E-state index contributed by atoms with van der Waals surface area (Å²) in [6.07, 6.45) is 3.09. The van der Waals surface area contributed by atoms with Gasteiger partial charge in [0.15, 0.2) is 0 Å². The highest BCUT2D eigenvalue weighted by atomic mass is 19.3. The van der Waals surface area contributed by atoms with Gasteiger partial charge in [-0.25, -0.2) is 8.78 Å². The molecule has 0 radical (unpaired) electrons. The van der Waals surface area contributed by atoms with Crippen molar-refractivity contribution < 1.29 is 13.6 Å². The van der Waals surface area contributed by atoms with Gasteiger partial charge >= 0.3 is 0 Å². The van der Waals surface area contributed by atoms with Gasteiger partial charge in [-0.2, -0.15) is 0 Å². The average Bonchev–Trinajstić information content (AvgIpc) is 2.34. The van der Waals surface area contributed by atoms with E-state index in [-0.39, 0.29) is 12.8 Å². The van der Waals surface area contributed by atoms with Gasteiger partial charge in [-0.15, -0.1) is 0 Å². The van der Waals surface area contributed by atoms with Crippen molar-refractivity contribution in [3.63, 3.8) is 0 Å². The minimum absolute atomic E-state index is 0.158. The smallest absolute Gasteiger partial charge is 0.258 e. The fraction of sp³-hybridized carbons (Fsp3) is 0.357. The summed E-state index contributed by atoms with van der Waals surface area (Å²) in [7, 11) is 0. The van der Waals surface area contributed by atoms with Crippen LogP contribution in [0.15, 0.2) is 42.5 Å². The Hall–Kier alpha value is -1.51. The van der Waals surface area contributed by atoms with E-state index in [1.807, 2.05) is 0 Å². The molecule has 92 valence electrons. The van der Waals surface area contributed by atoms with E-state index in [1.54, 1.807) is 43.3 Å². The molecule has 1 aromatic carbocycles. The molecular weight excluding hydrogens is 222 g/mol. The van der Waals surface area contributed by atoms with Crippen molar-refractivity contribution in [1.29, 1.82) is 0 Å². The topological polar surface area (TPSA) is 17.1 Å². The SMILES string of the molecule is C/C=C/CC(F)(F)[C@@H](CC=O)c1ccccc1. The van der Waals surface area contributed by atoms with Crippen molar-refractivity contribution in [3.8, 4) is 0 Å². The predicted molar refractivity (Wildman–Crippen MR) is 64.2 cm³/mol. The van der Waals surface area contributed by atoms with Crippen molar-refractivity contribution in [2.24, 2.45) is 0 Å². The summed E-state index contributed by atoms with van der Waals surface area (Å²) in [5.41, 5.74) is 0.508. The molecule has 0 aromatic heterocycles. The summed E-state index contributed by atoms with van der Waals surface area (Å²) in [6, 6.07) is 8.46. The van der Waals surface area contributed by atoms with E-state index in [0.29, 0.717) is 11.8 Å². The van der Waals surface area contributed by atoms with Gasteiger partial charge in [-0.1, -0.05) is 42.5 Å². The Kier molecular flexibility index (Phi) is 5.01. The lowest BCUT2D eigenvalue weighted by molar-refractivity contribution is -0.111. The molecule has 0 heterocycles. The van der Waals surface area contributed by atoms with Crippen LogP contribution in [-0.2, 0) is 4.79 Å². The molecular formula is C14H16F2O. The van der Waals surface area contributed by atoms with Gasteiger partial charge in [0.2, 0.25) is 0 Å². The number of hydrogen-bond acceptors (Lipinski definition) is 1. The van der Waals surface area contributed by atoms with Gasteiger partial charge < -0.3 is 4.79 Å². The van der Waals surface area contributed by atoms with E-state index in [4.69, 9.17) is 0 Å². The Morgan fingerprint density at radius 1 is 1.29 bits per heavy atom. The first kappa shape index (κ1) is 13.6. The quantitative estimate of drug-likeness (QED) is 0.541. The number of hydrogen-bond donors (Lipinski definition) is 0. The van der Waals surface area contributed by atoms with Crippen LogP contribution in [-0.4, -0.2) is 12.2 Å². The molecule has 1 nitrogen and oxygen atoms in total. The summed E-state index contributed by atoms with van der Waals surface area (Å²) in [4.78, 5) is 10.6. The molecule has 1 aromatic rings. The van der Waals surface area contributed by atoms with Crippen LogP contribution >= 0.6 is 0 Å². The minimum Gasteiger partial charge on any atom is -0.303 e. The number of aldehydes is 1. The number of carbonyl (C=O) groups is 1. The second-order valence-electron chi connectivity index (χ2n) is 3.90. The standard InChI is InChI=1S/C14H16F2O/c1-2-3-10-14(15,16)13(9-11-17)12-7-5-4-6-8-12/h2-8,11,13H,9-10H2,1H3/b3-2+/t13-/m0/s1. The van der Waals surface area contributed by atoms with Gasteiger partial charge in [0.25, 0.3) is 5.92 Å². The molecule has 3 heteroatoms. The normalized spacial score (nSPS) is 13.8. The summed E-state index contributed by atoms with van der Waals surface area (Å²) in [5.74, 6) is -3.94. The van der Waals surface area contributed by atoms with Crippen molar-refractivity contribution >= 4 is 6.29 Å². The zero-order chi connectivity index (χ0) is 12.7. The third kappa shape index (κ3) is 3.77. The lowest BCUT2D eigenvalue weighted by Gasteiger charge is -2.24. The van der Waals surface area contributed by atoms with Crippen LogP contribution in [0, 0.1) is 0 Å². The highest BCUT2D eigenvalue weighted by molar-refractivity contribution is 5.52. The molecule has 0 bridgehead atoms. The van der Waals surface area contributed by atoms with Gasteiger partial charge in [0.1, 0.15) is 6.29 Å². The molecule has 0 spiro atoms. The fourth-order valence-corrected chi connectivity index (χ4v) is 1.75. The molecule has 0 aliphatic rings. The summed E-state index contributed by atoms with van der Waals surface area (Å²) < 4.78 is 27.9. The number of rotatable bonds is 6. The number of allylic oxidation sites excluding steroid dienone is 2. The number of halogens is 2. The van der Waals surface area contributed by atoms with Crippen LogP contribution in [0.5, 0.6) is 0 Å². The second-order valence-corrected chi connectivity index (χ2v) is 3.90. The third-order valence-corrected chi connectivity index (χ3v) is 2.67. The number of carbonyl (C=O) groups excluding carboxylic acids is 1. The van der Waals surface area contributed by atoms with Crippen molar-refractivity contribution in [3.05, 3.63) is 48.0 Å². The van der Waals surface area contributed by atoms with E-state index in [9.17, 15) is 13.6 Å². The Morgan fingerprint density at radius 2 is 1.94 bits per heavy atom. The molecule has 0 N–H and O–H groups in total. The first-order chi connectivity index (χ1) is 8.11. The highest BCUT2D eigenvalue weighted by Crippen LogP contribution is 2.38. The molecule has 0 fully saturated rings. The zero-order valence-corrected chi connectivity index (χ0v) is 9.77. The average molecular weight is 238 g/mol. The highest BCUT2D eigenvalue weighted by Gasteiger charge is 2.38. The monoisotopic (exact) mass is 238 g/mol. The largest absolute Gasteiger partial charge is 0.303 e. The van der Waals surface area contributed by atoms with Crippen molar-refractivity contribution in [2.75, 3.05) is 0 Å². The summed E-state index contributed by atoms with van der Waals surface area (Å²) >= 11 is 0. The number of alkyl halides is 2. The van der Waals surface area contributed by atoms with Crippen LogP contribution in [0.3, 0.4) is 0 Å². The van der Waals surface area contributed by atoms with Gasteiger partial charge in [-0.05, 0) is 12.5 Å². The number of benzene rings is 1. The zero-order valence-electron chi connectivity index (χ0n) is 9.77. The predicted octanol–water partition coefficient (Wildman–Crippen LogP) is 3.96. The van der Waals surface area contributed by atoms with Crippen LogP contribution in [0.4, 0.5) is 8.78 Å². The molecule has 0 amide bonds. The molecule has 1 atom stereocenters. The molecule has 1 rings (SSSR count). The van der Waals surface area contributed by atoms with Gasteiger partial charge in [0, 0.05) is 12.8 Å². The van der Waals surface area contributed by atoms with E-state index in [1.165, 1.54) is 6.08 Å². The van der Waals surface area contributed by atoms with E-state index in [0.717, 1.165) is 0 Å². The van der Waals surface area contributed by atoms with Crippen LogP contribution in [0.1, 0.15) is 31.2 Å². The Morgan fingerprint density at radius 3 is 2.47 bits per heavy atom. The van der Waals surface area contributed by atoms with Crippen LogP contribution in [0.2, 0.25) is 0 Å². The first-order valence-corrected chi connectivity index (χ1v) is 5.59. The molecule has 0 saturated heterocycles. The molecule has 0 aliphatic heterocycles. The first-order valence-electron chi connectivity index (χ1n) is 5.59. The second kappa shape index (κ2) is 6.28. The molecule has 17 heavy (non-hydrogen) atoms. The Balaban J connectivity index is 2.96. The fourth-order valence-electron chi connectivity index (χ4n) is 1.75. The summed E-state index contributed by atoms with van der Waals surface area (Å²) in [6.45, 7) is 1.70. The van der Waals surface area contributed by atoms with E-state index < -0.39 is 11.8 Å². The third-order valence-electron chi connectivity index (χ3n) is 2.67. The maximum absolute atomic E-state index is 13.9. The van der Waals surface area contributed by atoms with Gasteiger partial charge in [0.05, 0.1) is 5.92 Å². The van der Waals surface area contributed by atoms with Crippen LogP contribution < -0.4 is 0 Å². The molecule has 0 aliphatic carbocycles. The minimum atomic E-state index is -2.89. The molecule has 0 unspecified atom stereocenters. The van der Waals surface area contributed by atoms with E-state index in [2.05, 4.69) is 0 Å².